The zero-order valence-electron chi connectivity index (χ0n) is 50.9. The Morgan fingerprint density at radius 1 is 0.598 bits per heavy atom. The van der Waals surface area contributed by atoms with E-state index in [1.165, 1.54) is 19.3 Å². The van der Waals surface area contributed by atoms with Gasteiger partial charge in [-0.05, 0) is 77.4 Å². The van der Waals surface area contributed by atoms with Crippen LogP contribution in [-0.4, -0.2) is 176 Å². The zero-order valence-corrected chi connectivity index (χ0v) is 50.9. The van der Waals surface area contributed by atoms with Crippen molar-refractivity contribution in [3.8, 4) is 0 Å². The molecule has 4 fully saturated rings. The number of methoxy groups -OCH3 is 1. The molecule has 0 saturated carbocycles. The van der Waals surface area contributed by atoms with Crippen molar-refractivity contribution >= 4 is 11.9 Å². The molecule has 5 rings (SSSR count). The van der Waals surface area contributed by atoms with E-state index >= 15 is 0 Å². The normalized spacial score (nSPS) is 43.7. The Labute approximate surface area is 487 Å². The van der Waals surface area contributed by atoms with Crippen LogP contribution in [0, 0.1) is 35.5 Å². The van der Waals surface area contributed by atoms with Gasteiger partial charge in [-0.1, -0.05) is 104 Å². The third-order valence-electron chi connectivity index (χ3n) is 18.0. The Morgan fingerprint density at radius 3 is 1.56 bits per heavy atom. The van der Waals surface area contributed by atoms with Crippen LogP contribution in [0.4, 0.5) is 0 Å². The summed E-state index contributed by atoms with van der Waals surface area (Å²) in [4.78, 5) is 27.9. The smallest absolute Gasteiger partial charge is 0.331 e. The Morgan fingerprint density at radius 2 is 1.09 bits per heavy atom. The van der Waals surface area contributed by atoms with Crippen molar-refractivity contribution in [2.75, 3.05) is 7.11 Å². The quantitative estimate of drug-likeness (QED) is 0.0625. The summed E-state index contributed by atoms with van der Waals surface area (Å²) in [6.07, 6.45) is 4.49. The van der Waals surface area contributed by atoms with Crippen LogP contribution in [0.1, 0.15) is 154 Å². The van der Waals surface area contributed by atoms with Gasteiger partial charge in [0.15, 0.2) is 24.2 Å². The summed E-state index contributed by atoms with van der Waals surface area (Å²) in [6, 6.07) is 0. The second-order valence-corrected chi connectivity index (χ2v) is 23.7. The summed E-state index contributed by atoms with van der Waals surface area (Å²) in [6.45, 7) is 22.4. The van der Waals surface area contributed by atoms with E-state index in [1.807, 2.05) is 98.8 Å². The van der Waals surface area contributed by atoms with Gasteiger partial charge in [-0.15, -0.1) is 0 Å². The molecule has 0 unspecified atom stereocenters. The van der Waals surface area contributed by atoms with Gasteiger partial charge in [-0.3, -0.25) is 0 Å². The maximum absolute atomic E-state index is 14.0. The molecular weight excluding hydrogens is 1060 g/mol. The predicted octanol–water partition coefficient (Wildman–Crippen LogP) is 6.70. The molecule has 82 heavy (non-hydrogen) atoms. The van der Waals surface area contributed by atoms with Gasteiger partial charge in [-0.2, -0.15) is 0 Å². The maximum atomic E-state index is 14.0. The second-order valence-electron chi connectivity index (χ2n) is 23.7. The van der Waals surface area contributed by atoms with Crippen LogP contribution in [-0.2, 0) is 52.2 Å². The van der Waals surface area contributed by atoms with Gasteiger partial charge < -0.3 is 83.5 Å². The molecule has 5 aliphatic heterocycles. The van der Waals surface area contributed by atoms with E-state index in [9.17, 15) is 50.4 Å². The molecule has 19 heteroatoms. The fraction of sp³-hybridized carbons (Fsp3) is 0.778. The molecule has 0 bridgehead atoms. The van der Waals surface area contributed by atoms with E-state index in [2.05, 4.69) is 0 Å². The van der Waals surface area contributed by atoms with Crippen LogP contribution in [0.3, 0.4) is 0 Å². The average molecular weight is 1160 g/mol. The van der Waals surface area contributed by atoms with Gasteiger partial charge in [0.25, 0.3) is 0 Å². The van der Waals surface area contributed by atoms with Crippen molar-refractivity contribution in [2.45, 2.75) is 269 Å². The van der Waals surface area contributed by atoms with Gasteiger partial charge in [0.1, 0.15) is 36.6 Å². The lowest BCUT2D eigenvalue weighted by Crippen LogP contribution is -2.60. The molecule has 25 atom stereocenters. The van der Waals surface area contributed by atoms with E-state index in [0.29, 0.717) is 38.5 Å². The molecule has 0 amide bonds. The number of ether oxygens (including phenoxy) is 9. The lowest BCUT2D eigenvalue weighted by Gasteiger charge is -2.49. The number of aliphatic hydroxyl groups is 8. The van der Waals surface area contributed by atoms with E-state index in [1.54, 1.807) is 32.9 Å². The summed E-state index contributed by atoms with van der Waals surface area (Å²) >= 11 is 0. The van der Waals surface area contributed by atoms with Crippen LogP contribution in [0.15, 0.2) is 71.9 Å². The number of carbonyl (C=O) groups is 2. The zero-order chi connectivity index (χ0) is 60.8. The summed E-state index contributed by atoms with van der Waals surface area (Å²) in [5, 5.41) is 88.9. The largest absolute Gasteiger partial charge is 0.458 e. The number of rotatable bonds is 19. The van der Waals surface area contributed by atoms with Crippen LogP contribution in [0.25, 0.3) is 0 Å². The van der Waals surface area contributed by atoms with Crippen molar-refractivity contribution < 1.29 is 93.1 Å². The number of carbonyl (C=O) groups excluding carboxylic acids is 2. The van der Waals surface area contributed by atoms with Gasteiger partial charge in [0, 0.05) is 86.9 Å². The average Bonchev–Trinajstić information content (AvgIpc) is 3.64. The molecule has 468 valence electrons. The number of esters is 2. The first-order chi connectivity index (χ1) is 38.8. The van der Waals surface area contributed by atoms with Crippen molar-refractivity contribution in [3.63, 3.8) is 0 Å². The van der Waals surface area contributed by atoms with Crippen LogP contribution in [0.2, 0.25) is 0 Å². The lowest BCUT2D eigenvalue weighted by atomic mass is 9.80. The third-order valence-corrected chi connectivity index (χ3v) is 18.0. The fourth-order valence-corrected chi connectivity index (χ4v) is 12.6. The Bertz CT molecular complexity index is 2170. The number of allylic oxidation sites excluding steroid dienone is 8. The molecule has 0 radical (unpaired) electrons. The Kier molecular flexibility index (Phi) is 27.1. The molecule has 8 N–H and O–H groups in total. The second kappa shape index (κ2) is 32.0. The number of aliphatic hydroxyl groups excluding tert-OH is 7. The van der Waals surface area contributed by atoms with Crippen LogP contribution < -0.4 is 0 Å². The highest BCUT2D eigenvalue weighted by Crippen LogP contribution is 2.44. The van der Waals surface area contributed by atoms with E-state index in [0.717, 1.165) is 11.1 Å². The fourth-order valence-electron chi connectivity index (χ4n) is 12.6. The van der Waals surface area contributed by atoms with Crippen molar-refractivity contribution in [2.24, 2.45) is 35.5 Å². The van der Waals surface area contributed by atoms with Gasteiger partial charge >= 0.3 is 11.9 Å². The topological polar surface area (TPSA) is 279 Å². The molecular formula is C63H102O19. The van der Waals surface area contributed by atoms with E-state index in [4.69, 9.17) is 42.6 Å². The maximum Gasteiger partial charge on any atom is 0.331 e. The SMILES string of the molecule is CCC1=C/C=C\[C@H](CC)[C@H]([C@H](C)[C@H](O)C[C@@]2(O)C[C@@H](O[C@H]3C[C@H](O)[C@@H](O)[C@@H](C)O3)[C@H](CC)[C@@H](C)O2)OC(=O)\C=C/C(CC)=C\C=C/[C@H](CC)[C@@H]([C@@H](C)[C@@H](O)C[C@]2(OC)C[C@H](O[C@H]3O[C@H](C)[C@H](O)[C@@H](O)[C@@H]3O)[C@@H](CC)[C@@H](C)O2)OC(=O)/C=C\1. The Hall–Kier alpha value is -3.22. The molecule has 0 spiro atoms. The third kappa shape index (κ3) is 18.2. The molecule has 0 aromatic heterocycles. The summed E-state index contributed by atoms with van der Waals surface area (Å²) < 4.78 is 56.1. The predicted molar refractivity (Wildman–Crippen MR) is 306 cm³/mol. The molecule has 5 aliphatic rings. The monoisotopic (exact) mass is 1160 g/mol. The number of cyclic esters (lactones) is 2. The first-order valence-electron chi connectivity index (χ1n) is 30.3. The minimum absolute atomic E-state index is 0.00375. The van der Waals surface area contributed by atoms with E-state index < -0.39 is 151 Å². The molecule has 4 saturated heterocycles. The molecule has 5 heterocycles. The van der Waals surface area contributed by atoms with Crippen molar-refractivity contribution in [3.05, 3.63) is 71.9 Å². The van der Waals surface area contributed by atoms with E-state index in [-0.39, 0.29) is 43.9 Å². The summed E-state index contributed by atoms with van der Waals surface area (Å²) in [5.74, 6) is -6.99. The van der Waals surface area contributed by atoms with Crippen LogP contribution >= 0.6 is 0 Å². The highest BCUT2D eigenvalue weighted by molar-refractivity contribution is 5.83. The molecule has 19 nitrogen and oxygen atoms in total. The number of hydrogen-bond donors (Lipinski definition) is 8. The molecule has 0 aromatic rings. The van der Waals surface area contributed by atoms with Gasteiger partial charge in [0.2, 0.25) is 0 Å². The van der Waals surface area contributed by atoms with Crippen LogP contribution in [0.5, 0.6) is 0 Å². The summed E-state index contributed by atoms with van der Waals surface area (Å²) in [7, 11) is 1.49. The Balaban J connectivity index is 1.39. The van der Waals surface area contributed by atoms with Crippen molar-refractivity contribution in [1.29, 1.82) is 0 Å². The van der Waals surface area contributed by atoms with Gasteiger partial charge in [0.05, 0.1) is 54.9 Å². The highest BCUT2D eigenvalue weighted by Gasteiger charge is 2.52. The van der Waals surface area contributed by atoms with Gasteiger partial charge in [-0.25, -0.2) is 9.59 Å². The lowest BCUT2D eigenvalue weighted by molar-refractivity contribution is -0.351. The minimum Gasteiger partial charge on any atom is -0.458 e. The highest BCUT2D eigenvalue weighted by atomic mass is 16.7. The number of hydrogen-bond acceptors (Lipinski definition) is 19. The molecule has 0 aromatic carbocycles. The summed E-state index contributed by atoms with van der Waals surface area (Å²) in [5.41, 5.74) is 1.56. The van der Waals surface area contributed by atoms with Crippen molar-refractivity contribution in [1.82, 2.24) is 0 Å². The minimum atomic E-state index is -1.84. The first-order valence-corrected chi connectivity index (χ1v) is 30.3. The molecule has 0 aliphatic carbocycles. The first kappa shape index (κ1) is 69.6. The standard InChI is InChI=1S/C63H102O19/c1-14-41-22-20-24-43(16-3)59(35(7)48(65)31-62(73)33-50(45(18-5)37(9)81-62)77-54-30-47(64)55(69)39(11)75-54)79-52(67)28-26-42(15-2)23-21-25-44(17-4)60(80-53(68)29-27-41)36(8)49(66)32-63(74-13)34-51(46(19-6)38(10)82-63)78-61-58(72)57(71)56(70)40(12)76-61/h20-29,35-40,43-51,54-61,64-66,69-73H,14-19,30-34H2,1-13H3/b24-20-,25-21-,28-26-,29-27-,41-22-,42-23-/t35-,36+,37-,38-,39-,40-,43+,44+,45-,46+,47+,48-,49+,50-,51+,54+,55+,56+,57-,58+,59+,60-,61-,62+,63-/m1/s1.